The van der Waals surface area contributed by atoms with E-state index in [1.165, 1.54) is 6.07 Å². The molecule has 1 saturated heterocycles. The smallest absolute Gasteiger partial charge is 0.230 e. The van der Waals surface area contributed by atoms with Crippen LogP contribution in [0.4, 0.5) is 4.39 Å². The number of halogens is 1. The lowest BCUT2D eigenvalue weighted by atomic mass is 9.69. The highest BCUT2D eigenvalue weighted by molar-refractivity contribution is 5.87. The first-order chi connectivity index (χ1) is 16.0. The summed E-state index contributed by atoms with van der Waals surface area (Å²) >= 11 is 0. The molecule has 33 heavy (non-hydrogen) atoms. The van der Waals surface area contributed by atoms with E-state index in [-0.39, 0.29) is 23.7 Å². The van der Waals surface area contributed by atoms with Crippen molar-refractivity contribution in [3.63, 3.8) is 0 Å². The third kappa shape index (κ3) is 3.74. The Morgan fingerprint density at radius 2 is 1.82 bits per heavy atom. The van der Waals surface area contributed by atoms with Gasteiger partial charge in [-0.15, -0.1) is 0 Å². The minimum Gasteiger partial charge on any atom is -0.497 e. The summed E-state index contributed by atoms with van der Waals surface area (Å²) in [5.41, 5.74) is 2.95. The van der Waals surface area contributed by atoms with E-state index in [4.69, 9.17) is 4.74 Å². The number of allylic oxidation sites excluding steroid dienone is 1. The van der Waals surface area contributed by atoms with Gasteiger partial charge >= 0.3 is 0 Å². The number of likely N-dealkylation sites (tertiary alicyclic amines) is 1. The first-order valence-electron chi connectivity index (χ1n) is 11.5. The van der Waals surface area contributed by atoms with Crippen LogP contribution in [0.5, 0.6) is 5.75 Å². The second-order valence-electron chi connectivity index (χ2n) is 9.24. The van der Waals surface area contributed by atoms with Crippen LogP contribution >= 0.6 is 0 Å². The molecule has 0 N–H and O–H groups in total. The van der Waals surface area contributed by atoms with Gasteiger partial charge in [0, 0.05) is 18.0 Å². The van der Waals surface area contributed by atoms with Crippen molar-refractivity contribution >= 4 is 5.91 Å². The van der Waals surface area contributed by atoms with Crippen molar-refractivity contribution in [3.05, 3.63) is 102 Å². The molecule has 0 spiro atoms. The normalized spacial score (nSPS) is 24.1. The SMILES string of the molecule is COc1ccc(-c2cc([C@H]3[C@@H]4C=CCC[C@@]4(C)C(=O)N3Cc3ccccc3)ccc2F)cc1. The van der Waals surface area contributed by atoms with Crippen LogP contribution in [0, 0.1) is 17.2 Å². The molecule has 1 aliphatic carbocycles. The molecule has 0 saturated carbocycles. The molecule has 0 unspecified atom stereocenters. The zero-order valence-electron chi connectivity index (χ0n) is 19.0. The predicted octanol–water partition coefficient (Wildman–Crippen LogP) is 6.56. The molecule has 4 heteroatoms. The highest BCUT2D eigenvalue weighted by Gasteiger charge is 2.55. The summed E-state index contributed by atoms with van der Waals surface area (Å²) in [6.07, 6.45) is 6.13. The van der Waals surface area contributed by atoms with Gasteiger partial charge in [-0.2, -0.15) is 0 Å². The summed E-state index contributed by atoms with van der Waals surface area (Å²) in [7, 11) is 1.61. The van der Waals surface area contributed by atoms with E-state index in [2.05, 4.69) is 31.2 Å². The van der Waals surface area contributed by atoms with Gasteiger partial charge < -0.3 is 9.64 Å². The van der Waals surface area contributed by atoms with Crippen molar-refractivity contribution in [2.75, 3.05) is 7.11 Å². The zero-order chi connectivity index (χ0) is 23.0. The quantitative estimate of drug-likeness (QED) is 0.420. The van der Waals surface area contributed by atoms with Crippen molar-refractivity contribution in [2.45, 2.75) is 32.4 Å². The number of rotatable bonds is 5. The van der Waals surface area contributed by atoms with E-state index in [0.29, 0.717) is 12.1 Å². The van der Waals surface area contributed by atoms with Crippen molar-refractivity contribution in [1.29, 1.82) is 0 Å². The molecule has 0 bridgehead atoms. The summed E-state index contributed by atoms with van der Waals surface area (Å²) < 4.78 is 20.2. The van der Waals surface area contributed by atoms with Crippen LogP contribution in [0.1, 0.15) is 36.9 Å². The van der Waals surface area contributed by atoms with Gasteiger partial charge in [-0.1, -0.05) is 67.6 Å². The van der Waals surface area contributed by atoms with E-state index in [1.807, 2.05) is 59.5 Å². The van der Waals surface area contributed by atoms with Crippen LogP contribution in [0.2, 0.25) is 0 Å². The topological polar surface area (TPSA) is 29.5 Å². The Bertz CT molecular complexity index is 1190. The van der Waals surface area contributed by atoms with Crippen molar-refractivity contribution in [3.8, 4) is 16.9 Å². The number of hydrogen-bond donors (Lipinski definition) is 0. The Balaban J connectivity index is 1.59. The summed E-state index contributed by atoms with van der Waals surface area (Å²) in [6, 6.07) is 22.6. The van der Waals surface area contributed by atoms with E-state index in [9.17, 15) is 9.18 Å². The van der Waals surface area contributed by atoms with Crippen molar-refractivity contribution in [2.24, 2.45) is 11.3 Å². The second kappa shape index (κ2) is 8.51. The maximum absolute atomic E-state index is 14.9. The fourth-order valence-electron chi connectivity index (χ4n) is 5.41. The molecule has 1 aliphatic heterocycles. The molecule has 1 heterocycles. The minimum atomic E-state index is -0.442. The summed E-state index contributed by atoms with van der Waals surface area (Å²) in [4.78, 5) is 15.7. The van der Waals surface area contributed by atoms with Gasteiger partial charge in [0.2, 0.25) is 5.91 Å². The number of benzene rings is 3. The maximum Gasteiger partial charge on any atom is 0.230 e. The number of carbonyl (C=O) groups is 1. The van der Waals surface area contributed by atoms with Crippen LogP contribution in [-0.4, -0.2) is 17.9 Å². The molecule has 5 rings (SSSR count). The summed E-state index contributed by atoms with van der Waals surface area (Å²) in [5, 5.41) is 0. The largest absolute Gasteiger partial charge is 0.497 e. The second-order valence-corrected chi connectivity index (χ2v) is 9.24. The van der Waals surface area contributed by atoms with E-state index in [1.54, 1.807) is 7.11 Å². The number of fused-ring (bicyclic) bond motifs is 1. The van der Waals surface area contributed by atoms with Crippen molar-refractivity contribution < 1.29 is 13.9 Å². The number of amides is 1. The molecule has 3 aromatic carbocycles. The monoisotopic (exact) mass is 441 g/mol. The minimum absolute atomic E-state index is 0.0524. The Morgan fingerprint density at radius 3 is 2.55 bits per heavy atom. The lowest BCUT2D eigenvalue weighted by molar-refractivity contribution is -0.137. The van der Waals surface area contributed by atoms with Crippen LogP contribution in [-0.2, 0) is 11.3 Å². The Kier molecular flexibility index (Phi) is 5.53. The van der Waals surface area contributed by atoms with Gasteiger partial charge in [0.1, 0.15) is 11.6 Å². The first-order valence-corrected chi connectivity index (χ1v) is 11.5. The van der Waals surface area contributed by atoms with Gasteiger partial charge in [-0.05, 0) is 53.8 Å². The number of ether oxygens (including phenoxy) is 1. The standard InChI is InChI=1S/C29H28FNO2/c1-29-17-7-6-10-25(29)27(31(28(29)32)19-20-8-4-3-5-9-20)22-13-16-26(30)24(18-22)21-11-14-23(33-2)15-12-21/h3-6,8-16,18,25,27H,7,17,19H2,1-2H3/t25-,27-,29+/m0/s1. The molecule has 168 valence electrons. The molecule has 1 fully saturated rings. The third-order valence-corrected chi connectivity index (χ3v) is 7.26. The Hall–Kier alpha value is -3.40. The maximum atomic E-state index is 14.9. The lowest BCUT2D eigenvalue weighted by Gasteiger charge is -2.32. The van der Waals surface area contributed by atoms with E-state index in [0.717, 1.165) is 35.3 Å². The Labute approximate surface area is 194 Å². The van der Waals surface area contributed by atoms with Crippen molar-refractivity contribution in [1.82, 2.24) is 4.90 Å². The molecule has 3 aromatic rings. The summed E-state index contributed by atoms with van der Waals surface area (Å²) in [6.45, 7) is 2.63. The number of carbonyl (C=O) groups excluding carboxylic acids is 1. The fraction of sp³-hybridized carbons (Fsp3) is 0.276. The molecule has 3 nitrogen and oxygen atoms in total. The average Bonchev–Trinajstić information content (AvgIpc) is 3.07. The van der Waals surface area contributed by atoms with E-state index < -0.39 is 5.41 Å². The molecular formula is C29H28FNO2. The number of hydrogen-bond acceptors (Lipinski definition) is 2. The van der Waals surface area contributed by atoms with Crippen LogP contribution in [0.25, 0.3) is 11.1 Å². The zero-order valence-corrected chi connectivity index (χ0v) is 19.0. The van der Waals surface area contributed by atoms with Gasteiger partial charge in [-0.3, -0.25) is 4.79 Å². The van der Waals surface area contributed by atoms with Crippen LogP contribution in [0.3, 0.4) is 0 Å². The Morgan fingerprint density at radius 1 is 1.06 bits per heavy atom. The lowest BCUT2D eigenvalue weighted by Crippen LogP contribution is -2.34. The predicted molar refractivity (Wildman–Crippen MR) is 128 cm³/mol. The van der Waals surface area contributed by atoms with Gasteiger partial charge in [0.15, 0.2) is 0 Å². The third-order valence-electron chi connectivity index (χ3n) is 7.26. The molecule has 2 aliphatic rings. The average molecular weight is 442 g/mol. The van der Waals surface area contributed by atoms with Crippen LogP contribution in [0.15, 0.2) is 84.9 Å². The highest BCUT2D eigenvalue weighted by atomic mass is 19.1. The van der Waals surface area contributed by atoms with Gasteiger partial charge in [-0.25, -0.2) is 4.39 Å². The fourth-order valence-corrected chi connectivity index (χ4v) is 5.41. The molecule has 1 amide bonds. The number of nitrogens with zero attached hydrogens (tertiary/aromatic N) is 1. The molecule has 0 radical (unpaired) electrons. The molecular weight excluding hydrogens is 413 g/mol. The first kappa shape index (κ1) is 21.4. The highest BCUT2D eigenvalue weighted by Crippen LogP contribution is 2.54. The van der Waals surface area contributed by atoms with Gasteiger partial charge in [0.25, 0.3) is 0 Å². The molecule has 0 aromatic heterocycles. The van der Waals surface area contributed by atoms with Gasteiger partial charge in [0.05, 0.1) is 18.6 Å². The van der Waals surface area contributed by atoms with E-state index >= 15 is 0 Å². The van der Waals surface area contributed by atoms with Crippen LogP contribution < -0.4 is 4.74 Å². The molecule has 3 atom stereocenters. The number of methoxy groups -OCH3 is 1. The summed E-state index contributed by atoms with van der Waals surface area (Å²) in [5.74, 6) is 0.691.